The number of amides is 3. The molecule has 0 spiro atoms. The highest BCUT2D eigenvalue weighted by atomic mass is 79.9. The molecule has 0 radical (unpaired) electrons. The van der Waals surface area contributed by atoms with Gasteiger partial charge in [-0.1, -0.05) is 34.5 Å². The molecule has 142 valence electrons. The molecular weight excluding hydrogens is 396 g/mol. The van der Waals surface area contributed by atoms with Crippen LogP contribution in [0.15, 0.2) is 28.7 Å². The fraction of sp³-hybridized carbons (Fsp3) is 0.579. The maximum absolute atomic E-state index is 12.7. The Bertz CT molecular complexity index is 654. The van der Waals surface area contributed by atoms with E-state index in [-0.39, 0.29) is 24.0 Å². The quantitative estimate of drug-likeness (QED) is 0.680. The van der Waals surface area contributed by atoms with Crippen molar-refractivity contribution in [2.24, 2.45) is 11.7 Å². The maximum Gasteiger partial charge on any atom is 0.318 e. The molecule has 1 saturated heterocycles. The molecule has 1 saturated carbocycles. The Morgan fingerprint density at radius 2 is 2.08 bits per heavy atom. The molecule has 4 N–H and O–H groups in total. The zero-order valence-corrected chi connectivity index (χ0v) is 16.5. The van der Waals surface area contributed by atoms with Crippen molar-refractivity contribution in [2.45, 2.75) is 50.7 Å². The Labute approximate surface area is 163 Å². The van der Waals surface area contributed by atoms with Crippen molar-refractivity contribution >= 4 is 27.9 Å². The van der Waals surface area contributed by atoms with Gasteiger partial charge in [-0.2, -0.15) is 0 Å². The molecule has 1 heterocycles. The summed E-state index contributed by atoms with van der Waals surface area (Å²) in [5, 5.41) is 6.07. The van der Waals surface area contributed by atoms with E-state index in [1.165, 1.54) is 0 Å². The van der Waals surface area contributed by atoms with Crippen LogP contribution in [0.3, 0.4) is 0 Å². The van der Waals surface area contributed by atoms with Crippen LogP contribution < -0.4 is 16.4 Å². The molecule has 0 aromatic heterocycles. The van der Waals surface area contributed by atoms with Crippen molar-refractivity contribution in [3.63, 3.8) is 0 Å². The van der Waals surface area contributed by atoms with Gasteiger partial charge in [-0.05, 0) is 55.8 Å². The van der Waals surface area contributed by atoms with Gasteiger partial charge in [0.25, 0.3) is 0 Å². The van der Waals surface area contributed by atoms with E-state index in [9.17, 15) is 9.59 Å². The molecule has 3 atom stereocenters. The van der Waals surface area contributed by atoms with Crippen molar-refractivity contribution in [1.82, 2.24) is 15.5 Å². The second-order valence-electron chi connectivity index (χ2n) is 7.18. The summed E-state index contributed by atoms with van der Waals surface area (Å²) >= 11 is 3.43. The monoisotopic (exact) mass is 422 g/mol. The highest BCUT2D eigenvalue weighted by Crippen LogP contribution is 2.26. The molecule has 26 heavy (non-hydrogen) atoms. The second kappa shape index (κ2) is 8.86. The molecule has 2 fully saturated rings. The molecule has 1 aliphatic heterocycles. The number of halogens is 1. The van der Waals surface area contributed by atoms with Gasteiger partial charge < -0.3 is 21.3 Å². The molecule has 3 rings (SSSR count). The summed E-state index contributed by atoms with van der Waals surface area (Å²) in [7, 11) is 0. The third-order valence-electron chi connectivity index (χ3n) is 5.44. The summed E-state index contributed by atoms with van der Waals surface area (Å²) in [5.74, 6) is 0.324. The van der Waals surface area contributed by atoms with Gasteiger partial charge in [0.2, 0.25) is 5.91 Å². The lowest BCUT2D eigenvalue weighted by Crippen LogP contribution is -2.52. The summed E-state index contributed by atoms with van der Waals surface area (Å²) in [6, 6.07) is 7.42. The molecular formula is C19H27BrN4O2. The number of carbonyl (C=O) groups is 2. The summed E-state index contributed by atoms with van der Waals surface area (Å²) in [4.78, 5) is 27.0. The van der Waals surface area contributed by atoms with Gasteiger partial charge in [-0.15, -0.1) is 0 Å². The number of benzene rings is 1. The van der Waals surface area contributed by atoms with E-state index in [0.717, 1.165) is 42.1 Å². The Kier molecular flexibility index (Phi) is 6.53. The molecule has 7 heteroatoms. The lowest BCUT2D eigenvalue weighted by atomic mass is 10.0. The van der Waals surface area contributed by atoms with Crippen molar-refractivity contribution in [1.29, 1.82) is 0 Å². The van der Waals surface area contributed by atoms with Crippen LogP contribution in [0, 0.1) is 5.92 Å². The SMILES string of the molecule is NCC1CCCC1NC(=O)[C@@H]1CCCN1C(=O)NCc1cccc(Br)c1. The third kappa shape index (κ3) is 4.57. The fourth-order valence-electron chi connectivity index (χ4n) is 4.00. The first kappa shape index (κ1) is 19.2. The maximum atomic E-state index is 12.7. The van der Waals surface area contributed by atoms with Crippen LogP contribution in [0.5, 0.6) is 0 Å². The van der Waals surface area contributed by atoms with Gasteiger partial charge in [-0.25, -0.2) is 4.79 Å². The van der Waals surface area contributed by atoms with Gasteiger partial charge >= 0.3 is 6.03 Å². The summed E-state index contributed by atoms with van der Waals surface area (Å²) < 4.78 is 0.980. The molecule has 1 aromatic carbocycles. The minimum atomic E-state index is -0.378. The average molecular weight is 423 g/mol. The van der Waals surface area contributed by atoms with Crippen LogP contribution in [0.2, 0.25) is 0 Å². The number of nitrogens with two attached hydrogens (primary N) is 1. The minimum Gasteiger partial charge on any atom is -0.351 e. The predicted octanol–water partition coefficient (Wildman–Crippen LogP) is 2.37. The van der Waals surface area contributed by atoms with Gasteiger partial charge in [0, 0.05) is 23.6 Å². The highest BCUT2D eigenvalue weighted by molar-refractivity contribution is 9.10. The summed E-state index contributed by atoms with van der Waals surface area (Å²) in [5.41, 5.74) is 6.82. The molecule has 0 bridgehead atoms. The minimum absolute atomic E-state index is 0.0366. The molecule has 2 aliphatic rings. The van der Waals surface area contributed by atoms with Crippen LogP contribution >= 0.6 is 15.9 Å². The number of nitrogens with one attached hydrogen (secondary N) is 2. The molecule has 1 aliphatic carbocycles. The first-order chi connectivity index (χ1) is 12.6. The van der Waals surface area contributed by atoms with Crippen LogP contribution in [-0.2, 0) is 11.3 Å². The summed E-state index contributed by atoms with van der Waals surface area (Å²) in [6.45, 7) is 1.67. The summed E-state index contributed by atoms with van der Waals surface area (Å²) in [6.07, 6.45) is 4.73. The predicted molar refractivity (Wildman–Crippen MR) is 104 cm³/mol. The number of hydrogen-bond acceptors (Lipinski definition) is 3. The van der Waals surface area contributed by atoms with E-state index in [0.29, 0.717) is 25.6 Å². The average Bonchev–Trinajstić information content (AvgIpc) is 3.28. The largest absolute Gasteiger partial charge is 0.351 e. The van der Waals surface area contributed by atoms with E-state index < -0.39 is 0 Å². The number of carbonyl (C=O) groups excluding carboxylic acids is 2. The van der Waals surface area contributed by atoms with Crippen molar-refractivity contribution in [3.8, 4) is 0 Å². The van der Waals surface area contributed by atoms with Gasteiger partial charge in [-0.3, -0.25) is 4.79 Å². The van der Waals surface area contributed by atoms with Gasteiger partial charge in [0.15, 0.2) is 0 Å². The molecule has 3 amide bonds. The number of rotatable bonds is 5. The Balaban J connectivity index is 1.55. The van der Waals surface area contributed by atoms with Crippen LogP contribution in [0.25, 0.3) is 0 Å². The van der Waals surface area contributed by atoms with E-state index in [4.69, 9.17) is 5.73 Å². The third-order valence-corrected chi connectivity index (χ3v) is 5.93. The Morgan fingerprint density at radius 1 is 1.23 bits per heavy atom. The standard InChI is InChI=1S/C19H27BrN4O2/c20-15-6-1-4-13(10-15)12-22-19(26)24-9-3-8-17(24)18(25)23-16-7-2-5-14(16)11-21/h1,4,6,10,14,16-17H,2-3,5,7-9,11-12,21H2,(H,22,26)(H,23,25)/t14?,16?,17-/m0/s1. The lowest BCUT2D eigenvalue weighted by Gasteiger charge is -2.27. The first-order valence-electron chi connectivity index (χ1n) is 9.38. The second-order valence-corrected chi connectivity index (χ2v) is 8.10. The molecule has 2 unspecified atom stereocenters. The molecule has 1 aromatic rings. The number of nitrogens with zero attached hydrogens (tertiary/aromatic N) is 1. The molecule has 6 nitrogen and oxygen atoms in total. The normalized spacial score (nSPS) is 25.3. The first-order valence-corrected chi connectivity index (χ1v) is 10.2. The zero-order chi connectivity index (χ0) is 18.5. The highest BCUT2D eigenvalue weighted by Gasteiger charge is 2.36. The van der Waals surface area contributed by atoms with Crippen molar-refractivity contribution in [3.05, 3.63) is 34.3 Å². The van der Waals surface area contributed by atoms with Gasteiger partial charge in [0.05, 0.1) is 0 Å². The number of urea groups is 1. The fourth-order valence-corrected chi connectivity index (χ4v) is 4.44. The Hall–Kier alpha value is -1.60. The topological polar surface area (TPSA) is 87.5 Å². The van der Waals surface area contributed by atoms with Crippen molar-refractivity contribution < 1.29 is 9.59 Å². The number of likely N-dealkylation sites (tertiary alicyclic amines) is 1. The number of hydrogen-bond donors (Lipinski definition) is 3. The lowest BCUT2D eigenvalue weighted by molar-refractivity contribution is -0.125. The smallest absolute Gasteiger partial charge is 0.318 e. The van der Waals surface area contributed by atoms with E-state index in [1.54, 1.807) is 4.90 Å². The zero-order valence-electron chi connectivity index (χ0n) is 14.9. The van der Waals surface area contributed by atoms with E-state index >= 15 is 0 Å². The van der Waals surface area contributed by atoms with Crippen LogP contribution in [-0.4, -0.2) is 42.0 Å². The van der Waals surface area contributed by atoms with Gasteiger partial charge in [0.1, 0.15) is 6.04 Å². The van der Waals surface area contributed by atoms with E-state index in [2.05, 4.69) is 26.6 Å². The van der Waals surface area contributed by atoms with Crippen molar-refractivity contribution in [2.75, 3.05) is 13.1 Å². The van der Waals surface area contributed by atoms with Crippen LogP contribution in [0.1, 0.15) is 37.7 Å². The van der Waals surface area contributed by atoms with Crippen LogP contribution in [0.4, 0.5) is 4.79 Å². The van der Waals surface area contributed by atoms with E-state index in [1.807, 2.05) is 24.3 Å². The Morgan fingerprint density at radius 3 is 2.85 bits per heavy atom.